The predicted octanol–water partition coefficient (Wildman–Crippen LogP) is 2.30. The lowest BCUT2D eigenvalue weighted by Gasteiger charge is -2.47. The Balaban J connectivity index is 1.75. The molecule has 0 aromatic carbocycles. The van der Waals surface area contributed by atoms with E-state index in [4.69, 9.17) is 16.3 Å². The number of ether oxygens (including phenoxy) is 1. The molecule has 106 valence electrons. The fourth-order valence-electron chi connectivity index (χ4n) is 3.28. The van der Waals surface area contributed by atoms with Gasteiger partial charge in [0.25, 0.3) is 0 Å². The van der Waals surface area contributed by atoms with Gasteiger partial charge in [-0.2, -0.15) is 0 Å². The maximum Gasteiger partial charge on any atom is 0.158 e. The zero-order valence-electron chi connectivity index (χ0n) is 11.7. The molecule has 4 rings (SSSR count). The van der Waals surface area contributed by atoms with E-state index in [1.807, 2.05) is 24.6 Å². The number of hydrogen-bond acceptors (Lipinski definition) is 4. The summed E-state index contributed by atoms with van der Waals surface area (Å²) in [5, 5.41) is 0.517. The molecule has 2 aliphatic heterocycles. The van der Waals surface area contributed by atoms with Gasteiger partial charge in [-0.25, -0.2) is 9.97 Å². The van der Waals surface area contributed by atoms with E-state index in [-0.39, 0.29) is 5.60 Å². The van der Waals surface area contributed by atoms with E-state index in [0.29, 0.717) is 5.15 Å². The Labute approximate surface area is 122 Å². The van der Waals surface area contributed by atoms with Crippen LogP contribution < -0.4 is 4.90 Å². The average Bonchev–Trinajstić information content (AvgIpc) is 2.95. The molecule has 2 saturated heterocycles. The summed E-state index contributed by atoms with van der Waals surface area (Å²) in [7, 11) is 2.00. The first-order valence-electron chi connectivity index (χ1n) is 6.96. The molecule has 2 aromatic heterocycles. The van der Waals surface area contributed by atoms with Crippen molar-refractivity contribution in [3.63, 3.8) is 0 Å². The average molecular weight is 293 g/mol. The highest BCUT2D eigenvalue weighted by Gasteiger charge is 2.47. The van der Waals surface area contributed by atoms with Crippen LogP contribution in [0.4, 0.5) is 5.82 Å². The first-order valence-corrected chi connectivity index (χ1v) is 7.34. The Morgan fingerprint density at radius 1 is 1.35 bits per heavy atom. The molecule has 2 aliphatic rings. The van der Waals surface area contributed by atoms with Crippen molar-refractivity contribution in [2.24, 2.45) is 7.05 Å². The van der Waals surface area contributed by atoms with Crippen LogP contribution in [-0.4, -0.2) is 39.8 Å². The molecule has 0 aliphatic carbocycles. The van der Waals surface area contributed by atoms with Crippen LogP contribution in [-0.2, 0) is 11.8 Å². The van der Waals surface area contributed by atoms with Gasteiger partial charge in [0.1, 0.15) is 22.1 Å². The van der Waals surface area contributed by atoms with Gasteiger partial charge < -0.3 is 14.2 Å². The van der Waals surface area contributed by atoms with Crippen molar-refractivity contribution in [2.45, 2.75) is 25.4 Å². The van der Waals surface area contributed by atoms with E-state index in [2.05, 4.69) is 14.9 Å². The van der Waals surface area contributed by atoms with Crippen LogP contribution in [0, 0.1) is 6.92 Å². The molecule has 0 unspecified atom stereocenters. The van der Waals surface area contributed by atoms with Gasteiger partial charge in [-0.05, 0) is 19.8 Å². The first-order chi connectivity index (χ1) is 9.58. The Bertz CT molecular complexity index is 682. The molecule has 5 nitrogen and oxygen atoms in total. The monoisotopic (exact) mass is 292 g/mol. The molecule has 0 N–H and O–H groups in total. The van der Waals surface area contributed by atoms with Gasteiger partial charge in [-0.3, -0.25) is 0 Å². The molecule has 4 heterocycles. The third kappa shape index (κ3) is 1.66. The maximum absolute atomic E-state index is 6.17. The molecular weight excluding hydrogens is 276 g/mol. The molecule has 20 heavy (non-hydrogen) atoms. The van der Waals surface area contributed by atoms with Crippen molar-refractivity contribution in [1.82, 2.24) is 14.5 Å². The largest absolute Gasteiger partial charge is 0.371 e. The topological polar surface area (TPSA) is 43.2 Å². The third-order valence-corrected chi connectivity index (χ3v) is 4.68. The van der Waals surface area contributed by atoms with Crippen molar-refractivity contribution < 1.29 is 4.74 Å². The summed E-state index contributed by atoms with van der Waals surface area (Å²) >= 11 is 6.17. The van der Waals surface area contributed by atoms with E-state index >= 15 is 0 Å². The highest BCUT2D eigenvalue weighted by molar-refractivity contribution is 6.30. The fraction of sp³-hybridized carbons (Fsp3) is 0.571. The van der Waals surface area contributed by atoms with Crippen molar-refractivity contribution in [3.05, 3.63) is 17.0 Å². The molecule has 2 aromatic rings. The lowest BCUT2D eigenvalue weighted by molar-refractivity contribution is -0.0182. The van der Waals surface area contributed by atoms with Gasteiger partial charge in [0, 0.05) is 19.7 Å². The van der Waals surface area contributed by atoms with Gasteiger partial charge in [0.15, 0.2) is 5.82 Å². The SMILES string of the molecule is Cc1nc2c(N3CC4(CCCO4)C3)nc(Cl)cc2n1C. The Morgan fingerprint density at radius 2 is 2.15 bits per heavy atom. The highest BCUT2D eigenvalue weighted by atomic mass is 35.5. The van der Waals surface area contributed by atoms with Crippen molar-refractivity contribution >= 4 is 28.5 Å². The zero-order chi connectivity index (χ0) is 13.9. The second kappa shape index (κ2) is 4.09. The van der Waals surface area contributed by atoms with Crippen LogP contribution in [0.15, 0.2) is 6.07 Å². The van der Waals surface area contributed by atoms with Gasteiger partial charge in [-0.1, -0.05) is 11.6 Å². The number of imidazole rings is 1. The molecule has 0 atom stereocenters. The Kier molecular flexibility index (Phi) is 2.54. The summed E-state index contributed by atoms with van der Waals surface area (Å²) in [5.74, 6) is 1.86. The first kappa shape index (κ1) is 12.4. The molecule has 1 spiro atoms. The van der Waals surface area contributed by atoms with E-state index in [1.54, 1.807) is 0 Å². The smallest absolute Gasteiger partial charge is 0.158 e. The summed E-state index contributed by atoms with van der Waals surface area (Å²) in [6, 6.07) is 1.88. The summed E-state index contributed by atoms with van der Waals surface area (Å²) in [6.45, 7) is 4.67. The second-order valence-corrected chi connectivity index (χ2v) is 6.23. The highest BCUT2D eigenvalue weighted by Crippen LogP contribution is 2.39. The molecule has 0 bridgehead atoms. The number of fused-ring (bicyclic) bond motifs is 1. The number of rotatable bonds is 1. The van der Waals surface area contributed by atoms with Crippen molar-refractivity contribution in [1.29, 1.82) is 0 Å². The van der Waals surface area contributed by atoms with Gasteiger partial charge in [-0.15, -0.1) is 0 Å². The minimum atomic E-state index is 0.0557. The van der Waals surface area contributed by atoms with Crippen LogP contribution in [0.25, 0.3) is 11.0 Å². The molecule has 0 saturated carbocycles. The van der Waals surface area contributed by atoms with Crippen molar-refractivity contribution in [2.75, 3.05) is 24.6 Å². The van der Waals surface area contributed by atoms with Crippen LogP contribution >= 0.6 is 11.6 Å². The number of hydrogen-bond donors (Lipinski definition) is 0. The summed E-state index contributed by atoms with van der Waals surface area (Å²) in [5.41, 5.74) is 2.02. The van der Waals surface area contributed by atoms with Crippen LogP contribution in [0.5, 0.6) is 0 Å². The van der Waals surface area contributed by atoms with E-state index in [9.17, 15) is 0 Å². The molecular formula is C14H17ClN4O. The van der Waals surface area contributed by atoms with E-state index < -0.39 is 0 Å². The normalized spacial score (nSPS) is 20.9. The molecule has 6 heteroatoms. The Morgan fingerprint density at radius 3 is 2.85 bits per heavy atom. The molecule has 0 amide bonds. The second-order valence-electron chi connectivity index (χ2n) is 5.85. The fourth-order valence-corrected chi connectivity index (χ4v) is 3.46. The van der Waals surface area contributed by atoms with Gasteiger partial charge in [0.2, 0.25) is 0 Å². The standard InChI is InChI=1S/C14H17ClN4O/c1-9-16-12-10(18(9)2)6-11(15)17-13(12)19-7-14(8-19)4-3-5-20-14/h6H,3-5,7-8H2,1-2H3. The van der Waals surface area contributed by atoms with Crippen LogP contribution in [0.1, 0.15) is 18.7 Å². The number of aryl methyl sites for hydroxylation is 2. The van der Waals surface area contributed by atoms with Crippen LogP contribution in [0.3, 0.4) is 0 Å². The minimum absolute atomic E-state index is 0.0557. The maximum atomic E-state index is 6.17. The molecule has 2 fully saturated rings. The van der Waals surface area contributed by atoms with Crippen molar-refractivity contribution in [3.8, 4) is 0 Å². The number of anilines is 1. The number of halogens is 1. The van der Waals surface area contributed by atoms with Gasteiger partial charge >= 0.3 is 0 Å². The predicted molar refractivity (Wildman–Crippen MR) is 78.4 cm³/mol. The zero-order valence-corrected chi connectivity index (χ0v) is 12.4. The van der Waals surface area contributed by atoms with E-state index in [0.717, 1.165) is 55.2 Å². The molecule has 0 radical (unpaired) electrons. The summed E-state index contributed by atoms with van der Waals surface area (Å²) < 4.78 is 7.92. The van der Waals surface area contributed by atoms with Gasteiger partial charge in [0.05, 0.1) is 18.6 Å². The summed E-state index contributed by atoms with van der Waals surface area (Å²) in [4.78, 5) is 11.4. The lowest BCUT2D eigenvalue weighted by atomic mass is 9.91. The number of pyridine rings is 1. The minimum Gasteiger partial charge on any atom is -0.371 e. The number of nitrogens with zero attached hydrogens (tertiary/aromatic N) is 4. The van der Waals surface area contributed by atoms with E-state index in [1.165, 1.54) is 0 Å². The third-order valence-electron chi connectivity index (χ3n) is 4.49. The quantitative estimate of drug-likeness (QED) is 0.757. The lowest BCUT2D eigenvalue weighted by Crippen LogP contribution is -2.61. The Hall–Kier alpha value is -1.33. The van der Waals surface area contributed by atoms with Crippen LogP contribution in [0.2, 0.25) is 5.15 Å². The number of aromatic nitrogens is 3. The summed E-state index contributed by atoms with van der Waals surface area (Å²) in [6.07, 6.45) is 2.31.